The van der Waals surface area contributed by atoms with Gasteiger partial charge in [-0.2, -0.15) is 20.2 Å². The number of hydrogen-bond donors (Lipinski definition) is 1. The number of nitrogens with zero attached hydrogens (tertiary/aromatic N) is 6. The maximum Gasteiger partial charge on any atom is 0.245 e. The van der Waals surface area contributed by atoms with Crippen LogP contribution in [0.15, 0.2) is 0 Å². The molecule has 0 radical (unpaired) electrons. The fourth-order valence-electron chi connectivity index (χ4n) is 2.08. The Morgan fingerprint density at radius 2 is 1.86 bits per heavy atom. The van der Waals surface area contributed by atoms with Crippen molar-refractivity contribution in [1.29, 1.82) is 5.26 Å². The van der Waals surface area contributed by atoms with Gasteiger partial charge in [-0.1, -0.05) is 0 Å². The van der Waals surface area contributed by atoms with Crippen LogP contribution in [0.3, 0.4) is 0 Å². The number of hydrogen-bond acceptors (Lipinski definition) is 8. The molecular formula is C14H23N7O. The third-order valence-electron chi connectivity index (χ3n) is 3.16. The van der Waals surface area contributed by atoms with Gasteiger partial charge in [-0.05, 0) is 27.7 Å². The molecule has 2 heterocycles. The van der Waals surface area contributed by atoms with Crippen molar-refractivity contribution in [3.05, 3.63) is 0 Å². The lowest BCUT2D eigenvalue weighted by Gasteiger charge is -2.28. The molecule has 8 nitrogen and oxygen atoms in total. The van der Waals surface area contributed by atoms with Gasteiger partial charge in [0.05, 0.1) is 13.2 Å². The standard InChI is InChI=1S/C14H23N7O/c1-10(2)16-12-17-13(20-5-7-22-8-6-20)19-14(18-12)21(9-15)11(3)4/h10-11H,5-8H2,1-4H3,(H,16,17,18,19). The highest BCUT2D eigenvalue weighted by Gasteiger charge is 2.20. The Morgan fingerprint density at radius 1 is 1.18 bits per heavy atom. The summed E-state index contributed by atoms with van der Waals surface area (Å²) in [6.07, 6.45) is 2.14. The van der Waals surface area contributed by atoms with Crippen LogP contribution in [-0.4, -0.2) is 53.3 Å². The largest absolute Gasteiger partial charge is 0.378 e. The lowest BCUT2D eigenvalue weighted by Crippen LogP contribution is -2.38. The average Bonchev–Trinajstić information content (AvgIpc) is 2.47. The van der Waals surface area contributed by atoms with Gasteiger partial charge in [0.1, 0.15) is 0 Å². The van der Waals surface area contributed by atoms with Gasteiger partial charge in [-0.3, -0.25) is 0 Å². The third-order valence-corrected chi connectivity index (χ3v) is 3.16. The Balaban J connectivity index is 2.37. The lowest BCUT2D eigenvalue weighted by atomic mass is 10.3. The van der Waals surface area contributed by atoms with Crippen molar-refractivity contribution in [2.45, 2.75) is 39.8 Å². The summed E-state index contributed by atoms with van der Waals surface area (Å²) in [7, 11) is 0. The fourth-order valence-corrected chi connectivity index (χ4v) is 2.08. The Labute approximate surface area is 131 Å². The Morgan fingerprint density at radius 3 is 2.41 bits per heavy atom. The molecule has 0 aromatic carbocycles. The van der Waals surface area contributed by atoms with E-state index >= 15 is 0 Å². The molecule has 0 aliphatic carbocycles. The molecule has 1 saturated heterocycles. The van der Waals surface area contributed by atoms with Crippen LogP contribution < -0.4 is 15.1 Å². The van der Waals surface area contributed by atoms with Crippen LogP contribution >= 0.6 is 0 Å². The summed E-state index contributed by atoms with van der Waals surface area (Å²) in [6, 6.07) is 0.180. The monoisotopic (exact) mass is 305 g/mol. The van der Waals surface area contributed by atoms with Gasteiger partial charge in [0, 0.05) is 25.2 Å². The van der Waals surface area contributed by atoms with Gasteiger partial charge in [-0.25, -0.2) is 4.90 Å². The molecule has 0 spiro atoms. The van der Waals surface area contributed by atoms with Crippen molar-refractivity contribution in [2.75, 3.05) is 41.4 Å². The van der Waals surface area contributed by atoms with E-state index in [1.165, 1.54) is 4.90 Å². The minimum absolute atomic E-state index is 0.0168. The topological polar surface area (TPSA) is 90.2 Å². The molecule has 1 aromatic heterocycles. The minimum Gasteiger partial charge on any atom is -0.378 e. The number of ether oxygens (including phenoxy) is 1. The van der Waals surface area contributed by atoms with Gasteiger partial charge >= 0.3 is 0 Å². The molecule has 1 aromatic rings. The highest BCUT2D eigenvalue weighted by Crippen LogP contribution is 2.19. The maximum absolute atomic E-state index is 9.35. The average molecular weight is 305 g/mol. The summed E-state index contributed by atoms with van der Waals surface area (Å²) in [5.74, 6) is 1.44. The maximum atomic E-state index is 9.35. The first kappa shape index (κ1) is 16.2. The van der Waals surface area contributed by atoms with E-state index in [4.69, 9.17) is 4.74 Å². The van der Waals surface area contributed by atoms with E-state index in [9.17, 15) is 5.26 Å². The van der Waals surface area contributed by atoms with Gasteiger partial charge in [0.15, 0.2) is 6.19 Å². The highest BCUT2D eigenvalue weighted by atomic mass is 16.5. The molecule has 0 amide bonds. The van der Waals surface area contributed by atoms with Crippen LogP contribution in [0.1, 0.15) is 27.7 Å². The summed E-state index contributed by atoms with van der Waals surface area (Å²) in [4.78, 5) is 16.9. The molecule has 1 aliphatic rings. The first-order valence-electron chi connectivity index (χ1n) is 7.55. The molecular weight excluding hydrogens is 282 g/mol. The van der Waals surface area contributed by atoms with E-state index in [1.54, 1.807) is 0 Å². The molecule has 1 N–H and O–H groups in total. The summed E-state index contributed by atoms with van der Waals surface area (Å²) in [5, 5.41) is 12.5. The third kappa shape index (κ3) is 3.95. The molecule has 0 saturated carbocycles. The van der Waals surface area contributed by atoms with Crippen LogP contribution in [-0.2, 0) is 4.74 Å². The van der Waals surface area contributed by atoms with Gasteiger partial charge in [0.25, 0.3) is 0 Å². The Bertz CT molecular complexity index is 534. The molecule has 2 rings (SSSR count). The van der Waals surface area contributed by atoms with Crippen LogP contribution in [0.4, 0.5) is 17.8 Å². The zero-order chi connectivity index (χ0) is 16.1. The zero-order valence-corrected chi connectivity index (χ0v) is 13.6. The highest BCUT2D eigenvalue weighted by molar-refractivity contribution is 5.48. The van der Waals surface area contributed by atoms with Crippen molar-refractivity contribution in [3.63, 3.8) is 0 Å². The smallest absolute Gasteiger partial charge is 0.245 e. The predicted molar refractivity (Wildman–Crippen MR) is 84.8 cm³/mol. The number of aromatic nitrogens is 3. The van der Waals surface area contributed by atoms with Crippen molar-refractivity contribution < 1.29 is 4.74 Å². The molecule has 0 unspecified atom stereocenters. The summed E-state index contributed by atoms with van der Waals surface area (Å²) < 4.78 is 5.36. The number of nitriles is 1. The molecule has 22 heavy (non-hydrogen) atoms. The molecule has 1 fully saturated rings. The quantitative estimate of drug-likeness (QED) is 0.641. The van der Waals surface area contributed by atoms with Gasteiger partial charge < -0.3 is 15.0 Å². The Hall–Kier alpha value is -2.14. The first-order chi connectivity index (χ1) is 10.5. The number of anilines is 3. The van der Waals surface area contributed by atoms with Crippen LogP contribution in [0.25, 0.3) is 0 Å². The van der Waals surface area contributed by atoms with Crippen LogP contribution in [0, 0.1) is 11.5 Å². The molecule has 8 heteroatoms. The van der Waals surface area contributed by atoms with Crippen molar-refractivity contribution >= 4 is 17.8 Å². The minimum atomic E-state index is -0.0168. The Kier molecular flexibility index (Phi) is 5.33. The van der Waals surface area contributed by atoms with Crippen LogP contribution in [0.5, 0.6) is 0 Å². The van der Waals surface area contributed by atoms with Gasteiger partial charge in [0.2, 0.25) is 17.8 Å². The second kappa shape index (κ2) is 7.22. The summed E-state index contributed by atoms with van der Waals surface area (Å²) in [5.41, 5.74) is 0. The molecule has 1 aliphatic heterocycles. The van der Waals surface area contributed by atoms with E-state index in [0.29, 0.717) is 31.1 Å². The number of morpholine rings is 1. The number of rotatable bonds is 5. The first-order valence-corrected chi connectivity index (χ1v) is 7.55. The van der Waals surface area contributed by atoms with E-state index in [1.807, 2.05) is 27.7 Å². The second-order valence-electron chi connectivity index (χ2n) is 5.72. The fraction of sp³-hybridized carbons (Fsp3) is 0.714. The molecule has 120 valence electrons. The van der Waals surface area contributed by atoms with E-state index in [0.717, 1.165) is 13.1 Å². The summed E-state index contributed by atoms with van der Waals surface area (Å²) >= 11 is 0. The molecule has 0 atom stereocenters. The van der Waals surface area contributed by atoms with Crippen molar-refractivity contribution in [3.8, 4) is 6.19 Å². The lowest BCUT2D eigenvalue weighted by molar-refractivity contribution is 0.122. The normalized spacial score (nSPS) is 15.0. The van der Waals surface area contributed by atoms with E-state index < -0.39 is 0 Å². The zero-order valence-electron chi connectivity index (χ0n) is 13.6. The van der Waals surface area contributed by atoms with Gasteiger partial charge in [-0.15, -0.1) is 0 Å². The van der Waals surface area contributed by atoms with Crippen molar-refractivity contribution in [1.82, 2.24) is 15.0 Å². The predicted octanol–water partition coefficient (Wildman–Crippen LogP) is 1.22. The molecule has 0 bridgehead atoms. The van der Waals surface area contributed by atoms with E-state index in [2.05, 4.69) is 31.4 Å². The summed E-state index contributed by atoms with van der Waals surface area (Å²) in [6.45, 7) is 10.7. The number of nitrogens with one attached hydrogen (secondary N) is 1. The van der Waals surface area contributed by atoms with Crippen molar-refractivity contribution in [2.24, 2.45) is 0 Å². The van der Waals surface area contributed by atoms with E-state index in [-0.39, 0.29) is 12.1 Å². The SMILES string of the molecule is CC(C)Nc1nc(N2CCOCC2)nc(N(C#N)C(C)C)n1. The van der Waals surface area contributed by atoms with Crippen LogP contribution in [0.2, 0.25) is 0 Å². The second-order valence-corrected chi connectivity index (χ2v) is 5.72.